The highest BCUT2D eigenvalue weighted by Gasteiger charge is 2.25. The van der Waals surface area contributed by atoms with Crippen LogP contribution in [0.2, 0.25) is 0 Å². The SMILES string of the molecule is Cc1nn(C)c2cc(-c3noc(C4CCN(C=O)CC4)n3)ccc12. The quantitative estimate of drug-likeness (QED) is 0.690. The first-order valence-electron chi connectivity index (χ1n) is 8.12. The van der Waals surface area contributed by atoms with E-state index in [0.29, 0.717) is 11.7 Å². The molecule has 0 saturated carbocycles. The van der Waals surface area contributed by atoms with Gasteiger partial charge >= 0.3 is 0 Å². The Bertz CT molecular complexity index is 890. The molecular weight excluding hydrogens is 306 g/mol. The van der Waals surface area contributed by atoms with Crippen molar-refractivity contribution in [2.75, 3.05) is 13.1 Å². The van der Waals surface area contributed by atoms with E-state index in [0.717, 1.165) is 54.5 Å². The Labute approximate surface area is 139 Å². The number of likely N-dealkylation sites (tertiary alicyclic amines) is 1. The molecule has 0 bridgehead atoms. The van der Waals surface area contributed by atoms with Crippen LogP contribution < -0.4 is 0 Å². The van der Waals surface area contributed by atoms with Crippen molar-refractivity contribution < 1.29 is 9.32 Å². The van der Waals surface area contributed by atoms with Crippen LogP contribution in [0.3, 0.4) is 0 Å². The zero-order valence-corrected chi connectivity index (χ0v) is 13.8. The van der Waals surface area contributed by atoms with Crippen LogP contribution >= 0.6 is 0 Å². The Balaban J connectivity index is 1.61. The number of amides is 1. The molecule has 7 heteroatoms. The van der Waals surface area contributed by atoms with E-state index in [-0.39, 0.29) is 5.92 Å². The van der Waals surface area contributed by atoms with Crippen LogP contribution in [0.25, 0.3) is 22.3 Å². The molecule has 124 valence electrons. The van der Waals surface area contributed by atoms with Crippen LogP contribution in [0.15, 0.2) is 22.7 Å². The number of fused-ring (bicyclic) bond motifs is 1. The van der Waals surface area contributed by atoms with Gasteiger partial charge in [-0.2, -0.15) is 10.1 Å². The fraction of sp³-hybridized carbons (Fsp3) is 0.412. The molecule has 2 aromatic heterocycles. The van der Waals surface area contributed by atoms with Gasteiger partial charge in [0.1, 0.15) is 0 Å². The lowest BCUT2D eigenvalue weighted by molar-refractivity contribution is -0.119. The Hall–Kier alpha value is -2.70. The molecule has 1 fully saturated rings. The van der Waals surface area contributed by atoms with Crippen LogP contribution in [-0.4, -0.2) is 44.3 Å². The number of nitrogens with zero attached hydrogens (tertiary/aromatic N) is 5. The Morgan fingerprint density at radius 3 is 2.83 bits per heavy atom. The van der Waals surface area contributed by atoms with Crippen molar-refractivity contribution in [2.45, 2.75) is 25.7 Å². The van der Waals surface area contributed by atoms with Gasteiger partial charge < -0.3 is 9.42 Å². The molecule has 0 atom stereocenters. The number of hydrogen-bond acceptors (Lipinski definition) is 5. The normalized spacial score (nSPS) is 16.0. The molecule has 0 unspecified atom stereocenters. The second-order valence-electron chi connectivity index (χ2n) is 6.31. The second-order valence-corrected chi connectivity index (χ2v) is 6.31. The third-order valence-corrected chi connectivity index (χ3v) is 4.76. The van der Waals surface area contributed by atoms with Gasteiger partial charge in [-0.1, -0.05) is 17.3 Å². The summed E-state index contributed by atoms with van der Waals surface area (Å²) in [6.07, 6.45) is 2.63. The molecule has 0 N–H and O–H groups in total. The van der Waals surface area contributed by atoms with E-state index >= 15 is 0 Å². The highest BCUT2D eigenvalue weighted by Crippen LogP contribution is 2.29. The van der Waals surface area contributed by atoms with Gasteiger partial charge in [0.15, 0.2) is 0 Å². The average molecular weight is 325 g/mol. The minimum absolute atomic E-state index is 0.227. The van der Waals surface area contributed by atoms with Crippen molar-refractivity contribution in [1.29, 1.82) is 0 Å². The van der Waals surface area contributed by atoms with E-state index in [4.69, 9.17) is 4.52 Å². The number of aromatic nitrogens is 4. The third-order valence-electron chi connectivity index (χ3n) is 4.76. The summed E-state index contributed by atoms with van der Waals surface area (Å²) in [4.78, 5) is 17.2. The molecule has 1 aliphatic rings. The van der Waals surface area contributed by atoms with Crippen molar-refractivity contribution in [3.8, 4) is 11.4 Å². The fourth-order valence-corrected chi connectivity index (χ4v) is 3.35. The number of rotatable bonds is 3. The summed E-state index contributed by atoms with van der Waals surface area (Å²) >= 11 is 0. The molecule has 7 nitrogen and oxygen atoms in total. The van der Waals surface area contributed by atoms with Crippen LogP contribution in [0.1, 0.15) is 30.3 Å². The zero-order chi connectivity index (χ0) is 16.7. The van der Waals surface area contributed by atoms with Crippen LogP contribution in [0.4, 0.5) is 0 Å². The summed E-state index contributed by atoms with van der Waals surface area (Å²) < 4.78 is 7.35. The van der Waals surface area contributed by atoms with Crippen molar-refractivity contribution in [3.05, 3.63) is 29.8 Å². The first-order valence-corrected chi connectivity index (χ1v) is 8.12. The predicted molar refractivity (Wildman–Crippen MR) is 88.4 cm³/mol. The molecule has 1 aliphatic heterocycles. The number of carbonyl (C=O) groups is 1. The molecule has 1 aromatic carbocycles. The van der Waals surface area contributed by atoms with Crippen LogP contribution in [-0.2, 0) is 11.8 Å². The van der Waals surface area contributed by atoms with Gasteiger partial charge in [0.05, 0.1) is 11.2 Å². The standard InChI is InChI=1S/C17H19N5O2/c1-11-14-4-3-13(9-15(14)21(2)19-11)16-18-17(24-20-16)12-5-7-22(10-23)8-6-12/h3-4,9-10,12H,5-8H2,1-2H3. The highest BCUT2D eigenvalue weighted by molar-refractivity contribution is 5.85. The molecule has 1 amide bonds. The van der Waals surface area contributed by atoms with Gasteiger partial charge in [-0.25, -0.2) is 0 Å². The summed E-state index contributed by atoms with van der Waals surface area (Å²) in [6.45, 7) is 3.48. The van der Waals surface area contributed by atoms with Crippen molar-refractivity contribution >= 4 is 17.3 Å². The lowest BCUT2D eigenvalue weighted by Gasteiger charge is -2.26. The van der Waals surface area contributed by atoms with E-state index in [1.165, 1.54) is 0 Å². The maximum atomic E-state index is 10.8. The molecule has 0 radical (unpaired) electrons. The van der Waals surface area contributed by atoms with E-state index in [2.05, 4.69) is 15.2 Å². The highest BCUT2D eigenvalue weighted by atomic mass is 16.5. The van der Waals surface area contributed by atoms with E-state index in [1.807, 2.05) is 36.9 Å². The summed E-state index contributed by atoms with van der Waals surface area (Å²) in [7, 11) is 1.93. The second kappa shape index (κ2) is 5.74. The van der Waals surface area contributed by atoms with Crippen molar-refractivity contribution in [3.63, 3.8) is 0 Å². The minimum Gasteiger partial charge on any atom is -0.345 e. The Morgan fingerprint density at radius 2 is 2.08 bits per heavy atom. The summed E-state index contributed by atoms with van der Waals surface area (Å²) in [5.74, 6) is 1.49. The predicted octanol–water partition coefficient (Wildman–Crippen LogP) is 2.27. The molecular formula is C17H19N5O2. The molecule has 1 saturated heterocycles. The Kier molecular flexibility index (Phi) is 3.55. The number of aryl methyl sites for hydroxylation is 2. The van der Waals surface area contributed by atoms with Gasteiger partial charge in [0.25, 0.3) is 0 Å². The first-order chi connectivity index (χ1) is 11.7. The van der Waals surface area contributed by atoms with Crippen molar-refractivity contribution in [2.24, 2.45) is 7.05 Å². The maximum absolute atomic E-state index is 10.8. The number of hydrogen-bond donors (Lipinski definition) is 0. The largest absolute Gasteiger partial charge is 0.345 e. The number of piperidine rings is 1. The summed E-state index contributed by atoms with van der Waals surface area (Å²) in [6, 6.07) is 6.09. The molecule has 24 heavy (non-hydrogen) atoms. The van der Waals surface area contributed by atoms with Gasteiger partial charge in [-0.05, 0) is 25.8 Å². The van der Waals surface area contributed by atoms with Crippen LogP contribution in [0.5, 0.6) is 0 Å². The molecule has 3 aromatic rings. The van der Waals surface area contributed by atoms with Crippen molar-refractivity contribution in [1.82, 2.24) is 24.8 Å². The van der Waals surface area contributed by atoms with Gasteiger partial charge in [0, 0.05) is 37.0 Å². The molecule has 3 heterocycles. The smallest absolute Gasteiger partial charge is 0.230 e. The van der Waals surface area contributed by atoms with Crippen LogP contribution in [0, 0.1) is 6.92 Å². The van der Waals surface area contributed by atoms with Gasteiger partial charge in [0.2, 0.25) is 18.1 Å². The molecule has 4 rings (SSSR count). The van der Waals surface area contributed by atoms with E-state index in [9.17, 15) is 4.79 Å². The maximum Gasteiger partial charge on any atom is 0.230 e. The fourth-order valence-electron chi connectivity index (χ4n) is 3.35. The lowest BCUT2D eigenvalue weighted by Crippen LogP contribution is -2.31. The summed E-state index contributed by atoms with van der Waals surface area (Å²) in [5.41, 5.74) is 2.98. The third kappa shape index (κ3) is 2.46. The average Bonchev–Trinajstić information content (AvgIpc) is 3.21. The van der Waals surface area contributed by atoms with E-state index in [1.54, 1.807) is 4.90 Å². The minimum atomic E-state index is 0.227. The van der Waals surface area contributed by atoms with Gasteiger partial charge in [-0.3, -0.25) is 9.48 Å². The summed E-state index contributed by atoms with van der Waals surface area (Å²) in [5, 5.41) is 9.71. The number of benzene rings is 1. The molecule has 0 spiro atoms. The van der Waals surface area contributed by atoms with E-state index < -0.39 is 0 Å². The monoisotopic (exact) mass is 325 g/mol. The number of carbonyl (C=O) groups excluding carboxylic acids is 1. The Morgan fingerprint density at radius 1 is 1.29 bits per heavy atom. The topological polar surface area (TPSA) is 77.0 Å². The lowest BCUT2D eigenvalue weighted by atomic mass is 9.97. The zero-order valence-electron chi connectivity index (χ0n) is 13.8. The van der Waals surface area contributed by atoms with Gasteiger partial charge in [-0.15, -0.1) is 0 Å². The molecule has 0 aliphatic carbocycles. The first kappa shape index (κ1) is 14.9.